The Labute approximate surface area is 194 Å². The molecule has 0 bridgehead atoms. The summed E-state index contributed by atoms with van der Waals surface area (Å²) in [5.74, 6) is 1.40. The Morgan fingerprint density at radius 2 is 1.82 bits per heavy atom. The lowest BCUT2D eigenvalue weighted by Gasteiger charge is -2.26. The number of ether oxygens (including phenoxy) is 2. The number of aromatic nitrogens is 2. The highest BCUT2D eigenvalue weighted by Crippen LogP contribution is 2.19. The molecule has 0 aliphatic carbocycles. The van der Waals surface area contributed by atoms with Crippen LogP contribution in [-0.2, 0) is 22.5 Å². The molecule has 0 atom stereocenters. The summed E-state index contributed by atoms with van der Waals surface area (Å²) in [7, 11) is 0. The Kier molecular flexibility index (Phi) is 8.00. The van der Waals surface area contributed by atoms with E-state index in [0.29, 0.717) is 19.0 Å². The van der Waals surface area contributed by atoms with Gasteiger partial charge in [-0.1, -0.05) is 29.8 Å². The van der Waals surface area contributed by atoms with E-state index < -0.39 is 0 Å². The molecule has 3 aromatic rings. The van der Waals surface area contributed by atoms with E-state index in [1.54, 1.807) is 12.4 Å². The molecule has 1 aliphatic heterocycles. The van der Waals surface area contributed by atoms with Crippen LogP contribution in [0, 0.1) is 6.92 Å². The third-order valence-corrected chi connectivity index (χ3v) is 5.53. The number of nitrogens with one attached hydrogen (secondary N) is 1. The fourth-order valence-electron chi connectivity index (χ4n) is 3.68. The van der Waals surface area contributed by atoms with E-state index in [9.17, 15) is 4.79 Å². The van der Waals surface area contributed by atoms with Crippen molar-refractivity contribution in [3.8, 4) is 17.1 Å². The molecule has 0 radical (unpaired) electrons. The van der Waals surface area contributed by atoms with E-state index in [1.165, 1.54) is 5.56 Å². The van der Waals surface area contributed by atoms with E-state index in [-0.39, 0.29) is 12.3 Å². The molecule has 0 unspecified atom stereocenters. The minimum absolute atomic E-state index is 0.0496. The Hall–Kier alpha value is -3.29. The maximum Gasteiger partial charge on any atom is 0.224 e. The number of hydrogen-bond donors (Lipinski definition) is 1. The van der Waals surface area contributed by atoms with Crippen molar-refractivity contribution in [2.45, 2.75) is 19.9 Å². The SMILES string of the molecule is Cc1cccc(CNC(=O)Cc2cnc(-c3ccc(OCCN4CCOCC4)cc3)nc2)c1. The van der Waals surface area contributed by atoms with Gasteiger partial charge < -0.3 is 14.8 Å². The third kappa shape index (κ3) is 7.10. The van der Waals surface area contributed by atoms with Crippen molar-refractivity contribution in [2.24, 2.45) is 0 Å². The lowest BCUT2D eigenvalue weighted by molar-refractivity contribution is -0.120. The predicted molar refractivity (Wildman–Crippen MR) is 127 cm³/mol. The van der Waals surface area contributed by atoms with Crippen molar-refractivity contribution in [2.75, 3.05) is 39.5 Å². The van der Waals surface area contributed by atoms with Gasteiger partial charge in [-0.05, 0) is 42.3 Å². The second kappa shape index (κ2) is 11.5. The van der Waals surface area contributed by atoms with Crippen LogP contribution in [0.2, 0.25) is 0 Å². The molecule has 1 fully saturated rings. The van der Waals surface area contributed by atoms with Gasteiger partial charge in [-0.2, -0.15) is 0 Å². The van der Waals surface area contributed by atoms with Gasteiger partial charge in [0.15, 0.2) is 5.82 Å². The lowest BCUT2D eigenvalue weighted by atomic mass is 10.1. The first-order valence-corrected chi connectivity index (χ1v) is 11.3. The van der Waals surface area contributed by atoms with E-state index in [1.807, 2.05) is 49.4 Å². The minimum Gasteiger partial charge on any atom is -0.492 e. The summed E-state index contributed by atoms with van der Waals surface area (Å²) in [6.45, 7) is 7.62. The average molecular weight is 447 g/mol. The molecule has 0 saturated carbocycles. The molecule has 2 aromatic carbocycles. The normalized spacial score (nSPS) is 14.1. The van der Waals surface area contributed by atoms with Gasteiger partial charge in [0.1, 0.15) is 12.4 Å². The monoisotopic (exact) mass is 446 g/mol. The van der Waals surface area contributed by atoms with Crippen molar-refractivity contribution < 1.29 is 14.3 Å². The van der Waals surface area contributed by atoms with Gasteiger partial charge in [-0.25, -0.2) is 9.97 Å². The molecule has 0 spiro atoms. The number of carbonyl (C=O) groups is 1. The minimum atomic E-state index is -0.0496. The molecule has 33 heavy (non-hydrogen) atoms. The second-order valence-electron chi connectivity index (χ2n) is 8.18. The first-order valence-electron chi connectivity index (χ1n) is 11.3. The van der Waals surface area contributed by atoms with Crippen LogP contribution < -0.4 is 10.1 Å². The van der Waals surface area contributed by atoms with E-state index in [2.05, 4.69) is 26.3 Å². The van der Waals surface area contributed by atoms with Gasteiger partial charge in [-0.15, -0.1) is 0 Å². The van der Waals surface area contributed by atoms with Crippen molar-refractivity contribution >= 4 is 5.91 Å². The van der Waals surface area contributed by atoms with Gasteiger partial charge in [0.05, 0.1) is 19.6 Å². The first-order chi connectivity index (χ1) is 16.2. The number of rotatable bonds is 9. The van der Waals surface area contributed by atoms with E-state index in [4.69, 9.17) is 9.47 Å². The van der Waals surface area contributed by atoms with Crippen LogP contribution in [0.25, 0.3) is 11.4 Å². The van der Waals surface area contributed by atoms with Crippen LogP contribution in [0.3, 0.4) is 0 Å². The summed E-state index contributed by atoms with van der Waals surface area (Å²) in [4.78, 5) is 23.5. The zero-order valence-corrected chi connectivity index (χ0v) is 19.0. The fraction of sp³-hybridized carbons (Fsp3) is 0.346. The molecule has 1 N–H and O–H groups in total. The molecule has 4 rings (SSSR count). The standard InChI is InChI=1S/C26H30N4O3/c1-20-3-2-4-21(15-20)17-27-25(31)16-22-18-28-26(29-19-22)23-5-7-24(8-6-23)33-14-11-30-9-12-32-13-10-30/h2-8,15,18-19H,9-14,16-17H2,1H3,(H,27,31). The summed E-state index contributed by atoms with van der Waals surface area (Å²) in [6, 6.07) is 15.9. The van der Waals surface area contributed by atoms with Gasteiger partial charge in [0.25, 0.3) is 0 Å². The number of nitrogens with zero attached hydrogens (tertiary/aromatic N) is 3. The molecule has 7 nitrogen and oxygen atoms in total. The van der Waals surface area contributed by atoms with E-state index in [0.717, 1.165) is 55.3 Å². The molecular formula is C26H30N4O3. The van der Waals surface area contributed by atoms with Crippen molar-refractivity contribution in [3.63, 3.8) is 0 Å². The number of morpholine rings is 1. The average Bonchev–Trinajstić information content (AvgIpc) is 2.85. The van der Waals surface area contributed by atoms with E-state index >= 15 is 0 Å². The Morgan fingerprint density at radius 3 is 2.55 bits per heavy atom. The Morgan fingerprint density at radius 1 is 1.06 bits per heavy atom. The summed E-state index contributed by atoms with van der Waals surface area (Å²) in [6.07, 6.45) is 3.67. The van der Waals surface area contributed by atoms with Gasteiger partial charge >= 0.3 is 0 Å². The van der Waals surface area contributed by atoms with Crippen LogP contribution in [-0.4, -0.2) is 60.2 Å². The number of benzene rings is 2. The lowest BCUT2D eigenvalue weighted by Crippen LogP contribution is -2.38. The number of carbonyl (C=O) groups excluding carboxylic acids is 1. The molecule has 172 valence electrons. The molecule has 1 aromatic heterocycles. The smallest absolute Gasteiger partial charge is 0.224 e. The predicted octanol–water partition coefficient (Wildman–Crippen LogP) is 3.02. The third-order valence-electron chi connectivity index (χ3n) is 5.53. The summed E-state index contributed by atoms with van der Waals surface area (Å²) in [5, 5.41) is 2.95. The number of amides is 1. The topological polar surface area (TPSA) is 76.6 Å². The quantitative estimate of drug-likeness (QED) is 0.545. The summed E-state index contributed by atoms with van der Waals surface area (Å²) >= 11 is 0. The number of hydrogen-bond acceptors (Lipinski definition) is 6. The van der Waals surface area contributed by atoms with Crippen LogP contribution in [0.5, 0.6) is 5.75 Å². The fourth-order valence-corrected chi connectivity index (χ4v) is 3.68. The molecule has 1 saturated heterocycles. The van der Waals surface area contributed by atoms with Crippen LogP contribution in [0.15, 0.2) is 60.9 Å². The highest BCUT2D eigenvalue weighted by molar-refractivity contribution is 5.78. The molecular weight excluding hydrogens is 416 g/mol. The highest BCUT2D eigenvalue weighted by atomic mass is 16.5. The van der Waals surface area contributed by atoms with Crippen LogP contribution in [0.4, 0.5) is 0 Å². The highest BCUT2D eigenvalue weighted by Gasteiger charge is 2.10. The zero-order valence-electron chi connectivity index (χ0n) is 19.0. The molecule has 7 heteroatoms. The van der Waals surface area contributed by atoms with Crippen molar-refractivity contribution in [1.82, 2.24) is 20.2 Å². The van der Waals surface area contributed by atoms with Crippen molar-refractivity contribution in [1.29, 1.82) is 0 Å². The van der Waals surface area contributed by atoms with Crippen molar-refractivity contribution in [3.05, 3.63) is 77.6 Å². The second-order valence-corrected chi connectivity index (χ2v) is 8.18. The number of aryl methyl sites for hydroxylation is 1. The zero-order chi connectivity index (χ0) is 22.9. The maximum absolute atomic E-state index is 12.3. The maximum atomic E-state index is 12.3. The Bertz CT molecular complexity index is 1030. The van der Waals surface area contributed by atoms with Gasteiger partial charge in [0.2, 0.25) is 5.91 Å². The Balaban J connectivity index is 1.23. The van der Waals surface area contributed by atoms with Crippen LogP contribution >= 0.6 is 0 Å². The van der Waals surface area contributed by atoms with Gasteiger partial charge in [-0.3, -0.25) is 9.69 Å². The largest absolute Gasteiger partial charge is 0.492 e. The van der Waals surface area contributed by atoms with Crippen LogP contribution in [0.1, 0.15) is 16.7 Å². The summed E-state index contributed by atoms with van der Waals surface area (Å²) in [5.41, 5.74) is 3.95. The molecule has 2 heterocycles. The van der Waals surface area contributed by atoms with Gasteiger partial charge in [0, 0.05) is 44.1 Å². The molecule has 1 aliphatic rings. The summed E-state index contributed by atoms with van der Waals surface area (Å²) < 4.78 is 11.2. The molecule has 1 amide bonds. The first kappa shape index (κ1) is 22.9.